The van der Waals surface area contributed by atoms with Gasteiger partial charge in [0.1, 0.15) is 18.5 Å². The first-order valence-electron chi connectivity index (χ1n) is 11.6. The predicted octanol–water partition coefficient (Wildman–Crippen LogP) is 2.29. The average Bonchev–Trinajstić information content (AvgIpc) is 3.23. The highest BCUT2D eigenvalue weighted by molar-refractivity contribution is 7.80. The summed E-state index contributed by atoms with van der Waals surface area (Å²) >= 11 is 5.53. The molecule has 0 radical (unpaired) electrons. The van der Waals surface area contributed by atoms with Crippen LogP contribution in [-0.4, -0.2) is 79.0 Å². The minimum absolute atomic E-state index is 0.318. The maximum Gasteiger partial charge on any atom is 0.414 e. The molecule has 1 aromatic rings. The Balaban J connectivity index is 1.32. The number of piperazine rings is 1. The van der Waals surface area contributed by atoms with E-state index in [1.54, 1.807) is 17.0 Å². The van der Waals surface area contributed by atoms with Gasteiger partial charge in [0.05, 0.1) is 29.5 Å². The lowest BCUT2D eigenvalue weighted by Gasteiger charge is -2.36. The number of carbonyl (C=O) groups is 2. The smallest absolute Gasteiger partial charge is 0.414 e. The number of rotatable bonds is 6. The molecule has 0 unspecified atom stereocenters. The minimum atomic E-state index is -0.516. The van der Waals surface area contributed by atoms with Crippen molar-refractivity contribution in [2.75, 3.05) is 55.7 Å². The Morgan fingerprint density at radius 3 is 2.58 bits per heavy atom. The number of halogens is 1. The first-order chi connectivity index (χ1) is 16.0. The molecule has 0 bridgehead atoms. The van der Waals surface area contributed by atoms with Crippen molar-refractivity contribution >= 4 is 40.6 Å². The molecule has 2 heterocycles. The van der Waals surface area contributed by atoms with Crippen molar-refractivity contribution in [2.24, 2.45) is 5.92 Å². The van der Waals surface area contributed by atoms with E-state index in [0.29, 0.717) is 56.6 Å². The molecule has 4 rings (SSSR count). The van der Waals surface area contributed by atoms with Crippen LogP contribution in [0.1, 0.15) is 32.1 Å². The van der Waals surface area contributed by atoms with Gasteiger partial charge in [-0.25, -0.2) is 9.18 Å². The summed E-state index contributed by atoms with van der Waals surface area (Å²) in [6.45, 7) is 2.07. The predicted molar refractivity (Wildman–Crippen MR) is 127 cm³/mol. The first kappa shape index (κ1) is 23.7. The second kappa shape index (κ2) is 10.6. The summed E-state index contributed by atoms with van der Waals surface area (Å²) in [5, 5.41) is 12.3. The fourth-order valence-electron chi connectivity index (χ4n) is 4.78. The zero-order chi connectivity index (χ0) is 23.4. The number of hydrogen-bond acceptors (Lipinski definition) is 6. The summed E-state index contributed by atoms with van der Waals surface area (Å²) in [6.07, 6.45) is 5.06. The zero-order valence-corrected chi connectivity index (χ0v) is 19.5. The second-order valence-corrected chi connectivity index (χ2v) is 9.30. The van der Waals surface area contributed by atoms with Gasteiger partial charge in [-0.05, 0) is 31.0 Å². The van der Waals surface area contributed by atoms with Gasteiger partial charge < -0.3 is 25.0 Å². The van der Waals surface area contributed by atoms with Crippen molar-refractivity contribution in [1.82, 2.24) is 10.2 Å². The third kappa shape index (κ3) is 5.55. The molecule has 1 aromatic carbocycles. The molecule has 180 valence electrons. The Labute approximate surface area is 198 Å². The maximum absolute atomic E-state index is 14.9. The number of hydrogen-bond donors (Lipinski definition) is 2. The van der Waals surface area contributed by atoms with E-state index in [1.165, 1.54) is 30.2 Å². The van der Waals surface area contributed by atoms with Gasteiger partial charge >= 0.3 is 6.09 Å². The van der Waals surface area contributed by atoms with Crippen molar-refractivity contribution in [3.63, 3.8) is 0 Å². The molecule has 33 heavy (non-hydrogen) atoms. The van der Waals surface area contributed by atoms with Crippen molar-refractivity contribution in [3.05, 3.63) is 24.0 Å². The Morgan fingerprint density at radius 2 is 1.91 bits per heavy atom. The molecule has 2 aliphatic heterocycles. The molecule has 3 fully saturated rings. The Morgan fingerprint density at radius 1 is 1.18 bits per heavy atom. The van der Waals surface area contributed by atoms with Crippen molar-refractivity contribution in [3.8, 4) is 0 Å². The summed E-state index contributed by atoms with van der Waals surface area (Å²) in [7, 11) is 0. The number of aliphatic hydroxyl groups is 1. The molecule has 10 heteroatoms. The molecule has 2 saturated heterocycles. The molecule has 1 saturated carbocycles. The van der Waals surface area contributed by atoms with Gasteiger partial charge in [0.25, 0.3) is 0 Å². The van der Waals surface area contributed by atoms with Crippen LogP contribution in [0.15, 0.2) is 18.2 Å². The standard InChI is InChI=1S/C23H31FN4O4S/c24-19-12-17(6-7-20(19)26-8-10-27(11-9-26)21(30)15-29)28-14-18(32-23(28)31)13-25-22(33)16-4-2-1-3-5-16/h6-7,12,16,18,29H,1-5,8-11,13-15H2,(H,25,33)/t18-/m0/s1. The SMILES string of the molecule is O=C(CO)N1CCN(c2ccc(N3C[C@H](CNC(=S)C4CCCCC4)OC3=O)cc2F)CC1. The number of nitrogens with zero attached hydrogens (tertiary/aromatic N) is 3. The van der Waals surface area contributed by atoms with Gasteiger partial charge in [-0.2, -0.15) is 0 Å². The molecular weight excluding hydrogens is 447 g/mol. The highest BCUT2D eigenvalue weighted by Gasteiger charge is 2.33. The van der Waals surface area contributed by atoms with Crippen molar-refractivity contribution in [2.45, 2.75) is 38.2 Å². The minimum Gasteiger partial charge on any atom is -0.442 e. The largest absolute Gasteiger partial charge is 0.442 e. The fraction of sp³-hybridized carbons (Fsp3) is 0.609. The van der Waals surface area contributed by atoms with E-state index in [0.717, 1.165) is 17.8 Å². The third-order valence-electron chi connectivity index (χ3n) is 6.71. The lowest BCUT2D eigenvalue weighted by molar-refractivity contribution is -0.134. The summed E-state index contributed by atoms with van der Waals surface area (Å²) < 4.78 is 20.4. The van der Waals surface area contributed by atoms with E-state index < -0.39 is 18.5 Å². The molecular formula is C23H31FN4O4S. The average molecular weight is 479 g/mol. The number of amides is 2. The van der Waals surface area contributed by atoms with Gasteiger partial charge in [0, 0.05) is 32.1 Å². The zero-order valence-electron chi connectivity index (χ0n) is 18.7. The summed E-state index contributed by atoms with van der Waals surface area (Å²) in [4.78, 5) is 29.7. The number of cyclic esters (lactones) is 1. The third-order valence-corrected chi connectivity index (χ3v) is 7.18. The lowest BCUT2D eigenvalue weighted by Crippen LogP contribution is -2.49. The number of thiocarbonyl (C=S) groups is 1. The maximum atomic E-state index is 14.9. The number of ether oxygens (including phenoxy) is 1. The molecule has 2 N–H and O–H groups in total. The van der Waals surface area contributed by atoms with Crippen LogP contribution in [0.5, 0.6) is 0 Å². The molecule has 2 amide bonds. The van der Waals surface area contributed by atoms with Gasteiger partial charge in [-0.3, -0.25) is 9.69 Å². The number of nitrogens with one attached hydrogen (secondary N) is 1. The summed E-state index contributed by atoms with van der Waals surface area (Å²) in [5.41, 5.74) is 0.881. The summed E-state index contributed by atoms with van der Waals surface area (Å²) in [5.74, 6) is -0.337. The van der Waals surface area contributed by atoms with Crippen LogP contribution in [-0.2, 0) is 9.53 Å². The molecule has 0 aromatic heterocycles. The normalized spacial score (nSPS) is 21.8. The Hall–Kier alpha value is -2.46. The van der Waals surface area contributed by atoms with Gasteiger partial charge in [-0.15, -0.1) is 0 Å². The quantitative estimate of drug-likeness (QED) is 0.607. The van der Waals surface area contributed by atoms with Gasteiger partial charge in [0.15, 0.2) is 0 Å². The molecule has 1 aliphatic carbocycles. The molecule has 3 aliphatic rings. The molecule has 8 nitrogen and oxygen atoms in total. The Kier molecular flexibility index (Phi) is 7.64. The molecule has 0 spiro atoms. The van der Waals surface area contributed by atoms with Crippen LogP contribution in [0, 0.1) is 11.7 Å². The van der Waals surface area contributed by atoms with Crippen molar-refractivity contribution < 1.29 is 23.8 Å². The first-order valence-corrected chi connectivity index (χ1v) is 12.1. The number of benzene rings is 1. The Bertz CT molecular complexity index is 887. The van der Waals surface area contributed by atoms with E-state index >= 15 is 0 Å². The molecule has 1 atom stereocenters. The monoisotopic (exact) mass is 478 g/mol. The van der Waals surface area contributed by atoms with Crippen LogP contribution < -0.4 is 15.1 Å². The van der Waals surface area contributed by atoms with Crippen LogP contribution in [0.3, 0.4) is 0 Å². The van der Waals surface area contributed by atoms with Crippen LogP contribution >= 0.6 is 12.2 Å². The highest BCUT2D eigenvalue weighted by Crippen LogP contribution is 2.29. The van der Waals surface area contributed by atoms with Crippen molar-refractivity contribution in [1.29, 1.82) is 0 Å². The summed E-state index contributed by atoms with van der Waals surface area (Å²) in [6, 6.07) is 4.73. The van der Waals surface area contributed by atoms with Gasteiger partial charge in [0.2, 0.25) is 5.91 Å². The van der Waals surface area contributed by atoms with E-state index in [-0.39, 0.29) is 12.0 Å². The number of aliphatic hydroxyl groups excluding tert-OH is 1. The highest BCUT2D eigenvalue weighted by atomic mass is 32.1. The van der Waals surface area contributed by atoms with Crippen LogP contribution in [0.25, 0.3) is 0 Å². The fourth-order valence-corrected chi connectivity index (χ4v) is 5.10. The van der Waals surface area contributed by atoms with E-state index in [9.17, 15) is 14.0 Å². The lowest BCUT2D eigenvalue weighted by atomic mass is 9.89. The van der Waals surface area contributed by atoms with E-state index in [2.05, 4.69) is 5.32 Å². The van der Waals surface area contributed by atoms with Crippen LogP contribution in [0.4, 0.5) is 20.6 Å². The number of anilines is 2. The van der Waals surface area contributed by atoms with Gasteiger partial charge in [-0.1, -0.05) is 31.5 Å². The second-order valence-electron chi connectivity index (χ2n) is 8.86. The van der Waals surface area contributed by atoms with E-state index in [1.807, 2.05) is 4.90 Å². The van der Waals surface area contributed by atoms with Crippen LogP contribution in [0.2, 0.25) is 0 Å². The number of carbonyl (C=O) groups excluding carboxylic acids is 2. The van der Waals surface area contributed by atoms with E-state index in [4.69, 9.17) is 22.1 Å². The topological polar surface area (TPSA) is 85.3 Å².